The van der Waals surface area contributed by atoms with Crippen LogP contribution in [0, 0.1) is 0 Å². The molecule has 0 aliphatic carbocycles. The van der Waals surface area contributed by atoms with Gasteiger partial charge in [0.1, 0.15) is 5.75 Å². The molecule has 0 fully saturated rings. The fraction of sp³-hybridized carbons (Fsp3) is 0.160. The molecular formula is C25H23NO2. The van der Waals surface area contributed by atoms with Crippen molar-refractivity contribution >= 4 is 27.5 Å². The van der Waals surface area contributed by atoms with Gasteiger partial charge in [-0.3, -0.25) is 4.79 Å². The van der Waals surface area contributed by atoms with E-state index in [0.717, 1.165) is 22.1 Å². The average Bonchev–Trinajstić information content (AvgIpc) is 2.75. The van der Waals surface area contributed by atoms with E-state index < -0.39 is 6.10 Å². The second-order valence-electron chi connectivity index (χ2n) is 6.89. The van der Waals surface area contributed by atoms with Crippen molar-refractivity contribution in [1.29, 1.82) is 0 Å². The molecule has 0 saturated heterocycles. The average molecular weight is 369 g/mol. The maximum atomic E-state index is 12.7. The van der Waals surface area contributed by atoms with Crippen molar-refractivity contribution in [1.82, 2.24) is 5.32 Å². The van der Waals surface area contributed by atoms with Crippen molar-refractivity contribution < 1.29 is 9.53 Å². The minimum atomic E-state index is -0.522. The molecule has 0 aliphatic heterocycles. The Morgan fingerprint density at radius 1 is 0.857 bits per heavy atom. The van der Waals surface area contributed by atoms with Gasteiger partial charge in [0.15, 0.2) is 6.10 Å². The van der Waals surface area contributed by atoms with Crippen molar-refractivity contribution in [3.05, 3.63) is 90.5 Å². The molecule has 3 nitrogen and oxygen atoms in total. The van der Waals surface area contributed by atoms with Gasteiger partial charge in [-0.25, -0.2) is 0 Å². The molecule has 0 bridgehead atoms. The van der Waals surface area contributed by atoms with Crippen LogP contribution >= 0.6 is 0 Å². The van der Waals surface area contributed by atoms with E-state index >= 15 is 0 Å². The summed E-state index contributed by atoms with van der Waals surface area (Å²) in [5, 5.41) is 7.51. The first-order valence-electron chi connectivity index (χ1n) is 9.64. The second-order valence-corrected chi connectivity index (χ2v) is 6.89. The van der Waals surface area contributed by atoms with Crippen LogP contribution in [0.3, 0.4) is 0 Å². The number of ether oxygens (including phenoxy) is 1. The van der Waals surface area contributed by atoms with Crippen LogP contribution in [-0.2, 0) is 11.3 Å². The molecule has 0 aliphatic rings. The molecule has 0 saturated carbocycles. The molecule has 0 aromatic heterocycles. The minimum absolute atomic E-state index is 0.0939. The van der Waals surface area contributed by atoms with Gasteiger partial charge in [-0.1, -0.05) is 79.7 Å². The lowest BCUT2D eigenvalue weighted by molar-refractivity contribution is -0.128. The first-order chi connectivity index (χ1) is 13.7. The largest absolute Gasteiger partial charge is 0.480 e. The lowest BCUT2D eigenvalue weighted by Gasteiger charge is -2.18. The van der Waals surface area contributed by atoms with Gasteiger partial charge >= 0.3 is 0 Å². The summed E-state index contributed by atoms with van der Waals surface area (Å²) >= 11 is 0. The van der Waals surface area contributed by atoms with Crippen molar-refractivity contribution in [2.75, 3.05) is 0 Å². The Kier molecular flexibility index (Phi) is 5.24. The third-order valence-corrected chi connectivity index (χ3v) is 4.96. The predicted octanol–water partition coefficient (Wildman–Crippen LogP) is 5.47. The molecule has 1 N–H and O–H groups in total. The highest BCUT2D eigenvalue weighted by Crippen LogP contribution is 2.26. The summed E-state index contributed by atoms with van der Waals surface area (Å²) in [4.78, 5) is 12.7. The Labute approximate surface area is 165 Å². The smallest absolute Gasteiger partial charge is 0.261 e. The van der Waals surface area contributed by atoms with E-state index in [2.05, 4.69) is 35.6 Å². The SMILES string of the molecule is CC[C@H](Oc1cccc2ccccc12)C(=O)NCc1ccc2ccccc2c1. The monoisotopic (exact) mass is 369 g/mol. The van der Waals surface area contributed by atoms with Crippen LogP contribution in [0.2, 0.25) is 0 Å². The van der Waals surface area contributed by atoms with Gasteiger partial charge in [0.25, 0.3) is 5.91 Å². The molecule has 3 heteroatoms. The number of hydrogen-bond acceptors (Lipinski definition) is 2. The zero-order chi connectivity index (χ0) is 19.3. The maximum absolute atomic E-state index is 12.7. The number of carbonyl (C=O) groups excluding carboxylic acids is 1. The number of nitrogens with one attached hydrogen (secondary N) is 1. The molecule has 0 unspecified atom stereocenters. The molecule has 28 heavy (non-hydrogen) atoms. The summed E-state index contributed by atoms with van der Waals surface area (Å²) in [6.45, 7) is 2.45. The Hall–Kier alpha value is -3.33. The van der Waals surface area contributed by atoms with E-state index in [0.29, 0.717) is 13.0 Å². The van der Waals surface area contributed by atoms with E-state index in [9.17, 15) is 4.79 Å². The zero-order valence-corrected chi connectivity index (χ0v) is 15.9. The Morgan fingerprint density at radius 3 is 2.39 bits per heavy atom. The number of amides is 1. The van der Waals surface area contributed by atoms with Crippen LogP contribution in [0.1, 0.15) is 18.9 Å². The topological polar surface area (TPSA) is 38.3 Å². The van der Waals surface area contributed by atoms with E-state index in [1.807, 2.05) is 61.5 Å². The molecule has 1 atom stereocenters. The van der Waals surface area contributed by atoms with Crippen LogP contribution in [-0.4, -0.2) is 12.0 Å². The quantitative estimate of drug-likeness (QED) is 0.490. The molecule has 0 heterocycles. The van der Waals surface area contributed by atoms with Crippen molar-refractivity contribution in [2.24, 2.45) is 0 Å². The van der Waals surface area contributed by atoms with Gasteiger partial charge in [-0.15, -0.1) is 0 Å². The number of carbonyl (C=O) groups is 1. The normalized spacial score (nSPS) is 12.0. The maximum Gasteiger partial charge on any atom is 0.261 e. The third kappa shape index (κ3) is 3.84. The number of fused-ring (bicyclic) bond motifs is 2. The molecule has 140 valence electrons. The zero-order valence-electron chi connectivity index (χ0n) is 15.9. The van der Waals surface area contributed by atoms with Gasteiger partial charge < -0.3 is 10.1 Å². The molecular weight excluding hydrogens is 346 g/mol. The number of hydrogen-bond donors (Lipinski definition) is 1. The summed E-state index contributed by atoms with van der Waals surface area (Å²) in [7, 11) is 0. The van der Waals surface area contributed by atoms with E-state index in [-0.39, 0.29) is 5.91 Å². The molecule has 4 aromatic carbocycles. The highest BCUT2D eigenvalue weighted by molar-refractivity contribution is 5.89. The fourth-order valence-corrected chi connectivity index (χ4v) is 3.43. The van der Waals surface area contributed by atoms with Crippen molar-refractivity contribution in [3.8, 4) is 5.75 Å². The Morgan fingerprint density at radius 2 is 1.57 bits per heavy atom. The summed E-state index contributed by atoms with van der Waals surface area (Å²) < 4.78 is 6.09. The highest BCUT2D eigenvalue weighted by Gasteiger charge is 2.19. The molecule has 0 spiro atoms. The second kappa shape index (κ2) is 8.13. The van der Waals surface area contributed by atoms with Gasteiger partial charge in [0, 0.05) is 11.9 Å². The summed E-state index contributed by atoms with van der Waals surface area (Å²) in [6.07, 6.45) is 0.0820. The van der Waals surface area contributed by atoms with Crippen LogP contribution in [0.25, 0.3) is 21.5 Å². The molecule has 4 aromatic rings. The predicted molar refractivity (Wildman–Crippen MR) is 114 cm³/mol. The lowest BCUT2D eigenvalue weighted by atomic mass is 10.1. The van der Waals surface area contributed by atoms with E-state index in [1.54, 1.807) is 0 Å². The van der Waals surface area contributed by atoms with Gasteiger partial charge in [-0.05, 0) is 40.3 Å². The van der Waals surface area contributed by atoms with Crippen LogP contribution in [0.4, 0.5) is 0 Å². The minimum Gasteiger partial charge on any atom is -0.480 e. The van der Waals surface area contributed by atoms with Crippen LogP contribution < -0.4 is 10.1 Å². The first-order valence-corrected chi connectivity index (χ1v) is 9.64. The third-order valence-electron chi connectivity index (χ3n) is 4.96. The lowest BCUT2D eigenvalue weighted by Crippen LogP contribution is -2.37. The van der Waals surface area contributed by atoms with Gasteiger partial charge in [0.05, 0.1) is 0 Å². The number of rotatable bonds is 6. The fourth-order valence-electron chi connectivity index (χ4n) is 3.43. The summed E-state index contributed by atoms with van der Waals surface area (Å²) in [6, 6.07) is 28.4. The van der Waals surface area contributed by atoms with Crippen LogP contribution in [0.5, 0.6) is 5.75 Å². The van der Waals surface area contributed by atoms with Gasteiger partial charge in [-0.2, -0.15) is 0 Å². The molecule has 0 radical (unpaired) electrons. The van der Waals surface area contributed by atoms with E-state index in [4.69, 9.17) is 4.74 Å². The van der Waals surface area contributed by atoms with E-state index in [1.165, 1.54) is 10.8 Å². The van der Waals surface area contributed by atoms with Crippen molar-refractivity contribution in [2.45, 2.75) is 26.0 Å². The van der Waals surface area contributed by atoms with Crippen molar-refractivity contribution in [3.63, 3.8) is 0 Å². The Balaban J connectivity index is 1.46. The summed E-state index contributed by atoms with van der Waals surface area (Å²) in [5.74, 6) is 0.648. The highest BCUT2D eigenvalue weighted by atomic mass is 16.5. The summed E-state index contributed by atoms with van der Waals surface area (Å²) in [5.41, 5.74) is 1.08. The number of benzene rings is 4. The first kappa shape index (κ1) is 18.1. The Bertz CT molecular complexity index is 1110. The van der Waals surface area contributed by atoms with Gasteiger partial charge in [0.2, 0.25) is 0 Å². The standard InChI is InChI=1S/C25H23NO2/c1-2-23(28-24-13-7-11-20-9-5-6-12-22(20)24)25(27)26-17-18-14-15-19-8-3-4-10-21(19)16-18/h3-16,23H,2,17H2,1H3,(H,26,27)/t23-/m0/s1. The molecule has 4 rings (SSSR count). The van der Waals surface area contributed by atoms with Crippen LogP contribution in [0.15, 0.2) is 84.9 Å². The molecule has 1 amide bonds.